The molecule has 0 aliphatic carbocycles. The summed E-state index contributed by atoms with van der Waals surface area (Å²) in [4.78, 5) is 14.3. The van der Waals surface area contributed by atoms with Crippen molar-refractivity contribution < 1.29 is 4.79 Å². The van der Waals surface area contributed by atoms with E-state index in [9.17, 15) is 4.79 Å². The number of likely N-dealkylation sites (tertiary alicyclic amines) is 1. The largest absolute Gasteiger partial charge is 0.337 e. The van der Waals surface area contributed by atoms with Crippen molar-refractivity contribution in [3.05, 3.63) is 48.0 Å². The number of carbonyl (C=O) groups is 1. The van der Waals surface area contributed by atoms with Crippen molar-refractivity contribution in [1.29, 1.82) is 0 Å². The van der Waals surface area contributed by atoms with Gasteiger partial charge in [-0.15, -0.1) is 0 Å². The molecule has 18 heavy (non-hydrogen) atoms. The fourth-order valence-electron chi connectivity index (χ4n) is 2.55. The molecule has 2 aromatic carbocycles. The molecule has 1 saturated heterocycles. The van der Waals surface area contributed by atoms with Gasteiger partial charge in [0.2, 0.25) is 0 Å². The van der Waals surface area contributed by atoms with Gasteiger partial charge in [-0.05, 0) is 23.3 Å². The van der Waals surface area contributed by atoms with Crippen molar-refractivity contribution in [3.63, 3.8) is 0 Å². The molecule has 1 heterocycles. The maximum atomic E-state index is 12.5. The minimum absolute atomic E-state index is 0.0970. The van der Waals surface area contributed by atoms with E-state index in [2.05, 4.69) is 0 Å². The summed E-state index contributed by atoms with van der Waals surface area (Å²) < 4.78 is 0. The highest BCUT2D eigenvalue weighted by Gasteiger charge is 2.25. The Balaban J connectivity index is 2.01. The SMILES string of the molecule is NC1CCN(C(=O)c2cccc3ccccc23)C1. The summed E-state index contributed by atoms with van der Waals surface area (Å²) in [7, 11) is 0. The van der Waals surface area contributed by atoms with Crippen LogP contribution in [0.25, 0.3) is 10.8 Å². The fraction of sp³-hybridized carbons (Fsp3) is 0.267. The summed E-state index contributed by atoms with van der Waals surface area (Å²) in [5.74, 6) is 0.0970. The van der Waals surface area contributed by atoms with Crippen molar-refractivity contribution in [3.8, 4) is 0 Å². The van der Waals surface area contributed by atoms with Crippen LogP contribution in [0.2, 0.25) is 0 Å². The lowest BCUT2D eigenvalue weighted by atomic mass is 10.0. The van der Waals surface area contributed by atoms with Gasteiger partial charge in [0, 0.05) is 24.7 Å². The van der Waals surface area contributed by atoms with E-state index in [1.807, 2.05) is 47.4 Å². The van der Waals surface area contributed by atoms with Crippen LogP contribution in [-0.2, 0) is 0 Å². The molecule has 1 unspecified atom stereocenters. The van der Waals surface area contributed by atoms with Crippen LogP contribution >= 0.6 is 0 Å². The first kappa shape index (κ1) is 11.2. The summed E-state index contributed by atoms with van der Waals surface area (Å²) in [6.07, 6.45) is 0.899. The molecule has 1 fully saturated rings. The Kier molecular flexibility index (Phi) is 2.76. The Labute approximate surface area is 106 Å². The molecule has 1 atom stereocenters. The highest BCUT2D eigenvalue weighted by Crippen LogP contribution is 2.21. The van der Waals surface area contributed by atoms with E-state index in [1.165, 1.54) is 0 Å². The molecule has 0 aromatic heterocycles. The minimum atomic E-state index is 0.0970. The van der Waals surface area contributed by atoms with E-state index in [-0.39, 0.29) is 11.9 Å². The molecule has 3 nitrogen and oxygen atoms in total. The zero-order valence-electron chi connectivity index (χ0n) is 10.2. The van der Waals surface area contributed by atoms with Crippen molar-refractivity contribution >= 4 is 16.7 Å². The lowest BCUT2D eigenvalue weighted by molar-refractivity contribution is 0.0793. The van der Waals surface area contributed by atoms with Gasteiger partial charge in [-0.3, -0.25) is 4.79 Å². The maximum absolute atomic E-state index is 12.5. The lowest BCUT2D eigenvalue weighted by Crippen LogP contribution is -2.31. The van der Waals surface area contributed by atoms with Crippen molar-refractivity contribution in [2.24, 2.45) is 5.73 Å². The van der Waals surface area contributed by atoms with Gasteiger partial charge < -0.3 is 10.6 Å². The molecular formula is C15H16N2O. The second kappa shape index (κ2) is 4.42. The molecule has 3 heteroatoms. The highest BCUT2D eigenvalue weighted by molar-refractivity contribution is 6.07. The normalized spacial score (nSPS) is 19.4. The monoisotopic (exact) mass is 240 g/mol. The highest BCUT2D eigenvalue weighted by atomic mass is 16.2. The number of hydrogen-bond donors (Lipinski definition) is 1. The van der Waals surface area contributed by atoms with Gasteiger partial charge in [0.25, 0.3) is 5.91 Å². The van der Waals surface area contributed by atoms with Crippen LogP contribution in [0.1, 0.15) is 16.8 Å². The molecule has 1 aliphatic heterocycles. The zero-order valence-corrected chi connectivity index (χ0v) is 10.2. The van der Waals surface area contributed by atoms with E-state index < -0.39 is 0 Å². The first-order chi connectivity index (χ1) is 8.75. The molecule has 0 spiro atoms. The van der Waals surface area contributed by atoms with Crippen molar-refractivity contribution in [2.45, 2.75) is 12.5 Å². The molecular weight excluding hydrogens is 224 g/mol. The molecule has 1 aliphatic rings. The number of benzene rings is 2. The number of hydrogen-bond acceptors (Lipinski definition) is 2. The van der Waals surface area contributed by atoms with Crippen LogP contribution in [0, 0.1) is 0 Å². The smallest absolute Gasteiger partial charge is 0.254 e. The Hall–Kier alpha value is -1.87. The molecule has 0 saturated carbocycles. The van der Waals surface area contributed by atoms with Gasteiger partial charge in [0.15, 0.2) is 0 Å². The standard InChI is InChI=1S/C15H16N2O/c16-12-8-9-17(10-12)15(18)14-7-3-5-11-4-1-2-6-13(11)14/h1-7,12H,8-10,16H2. The average molecular weight is 240 g/mol. The molecule has 1 amide bonds. The van der Waals surface area contributed by atoms with Gasteiger partial charge in [0.05, 0.1) is 0 Å². The average Bonchev–Trinajstić information content (AvgIpc) is 2.84. The van der Waals surface area contributed by atoms with Gasteiger partial charge in [0.1, 0.15) is 0 Å². The van der Waals surface area contributed by atoms with Gasteiger partial charge in [-0.25, -0.2) is 0 Å². The molecule has 0 bridgehead atoms. The number of rotatable bonds is 1. The second-order valence-corrected chi connectivity index (χ2v) is 4.83. The quantitative estimate of drug-likeness (QED) is 0.828. The third-order valence-corrected chi connectivity index (χ3v) is 3.53. The van der Waals surface area contributed by atoms with E-state index in [1.54, 1.807) is 0 Å². The van der Waals surface area contributed by atoms with E-state index in [0.29, 0.717) is 6.54 Å². The maximum Gasteiger partial charge on any atom is 0.254 e. The van der Waals surface area contributed by atoms with Crippen LogP contribution in [0.3, 0.4) is 0 Å². The van der Waals surface area contributed by atoms with Crippen LogP contribution < -0.4 is 5.73 Å². The predicted molar refractivity (Wildman–Crippen MR) is 72.4 cm³/mol. The minimum Gasteiger partial charge on any atom is -0.337 e. The molecule has 2 aromatic rings. The number of carbonyl (C=O) groups excluding carboxylic acids is 1. The topological polar surface area (TPSA) is 46.3 Å². The second-order valence-electron chi connectivity index (χ2n) is 4.83. The summed E-state index contributed by atoms with van der Waals surface area (Å²) in [5.41, 5.74) is 6.64. The van der Waals surface area contributed by atoms with Crippen molar-refractivity contribution in [2.75, 3.05) is 13.1 Å². The number of nitrogens with two attached hydrogens (primary N) is 1. The Bertz CT molecular complexity index is 589. The summed E-state index contributed by atoms with van der Waals surface area (Å²) in [5, 5.41) is 2.12. The van der Waals surface area contributed by atoms with E-state index >= 15 is 0 Å². The van der Waals surface area contributed by atoms with Crippen LogP contribution in [0.15, 0.2) is 42.5 Å². The summed E-state index contributed by atoms with van der Waals surface area (Å²) in [6, 6.07) is 14.0. The van der Waals surface area contributed by atoms with Gasteiger partial charge in [-0.2, -0.15) is 0 Å². The Morgan fingerprint density at radius 2 is 1.94 bits per heavy atom. The Morgan fingerprint density at radius 3 is 2.72 bits per heavy atom. The van der Waals surface area contributed by atoms with Crippen LogP contribution in [0.4, 0.5) is 0 Å². The van der Waals surface area contributed by atoms with E-state index in [4.69, 9.17) is 5.73 Å². The third-order valence-electron chi connectivity index (χ3n) is 3.53. The van der Waals surface area contributed by atoms with Gasteiger partial charge >= 0.3 is 0 Å². The van der Waals surface area contributed by atoms with Crippen LogP contribution in [0.5, 0.6) is 0 Å². The third kappa shape index (κ3) is 1.87. The number of nitrogens with zero attached hydrogens (tertiary/aromatic N) is 1. The van der Waals surface area contributed by atoms with E-state index in [0.717, 1.165) is 29.3 Å². The number of amides is 1. The lowest BCUT2D eigenvalue weighted by Gasteiger charge is -2.17. The molecule has 2 N–H and O–H groups in total. The zero-order chi connectivity index (χ0) is 12.5. The predicted octanol–water partition coefficient (Wildman–Crippen LogP) is 2.01. The van der Waals surface area contributed by atoms with Crippen LogP contribution in [-0.4, -0.2) is 29.9 Å². The first-order valence-electron chi connectivity index (χ1n) is 6.28. The molecule has 92 valence electrons. The Morgan fingerprint density at radius 1 is 1.17 bits per heavy atom. The fourth-order valence-corrected chi connectivity index (χ4v) is 2.55. The van der Waals surface area contributed by atoms with Gasteiger partial charge in [-0.1, -0.05) is 36.4 Å². The molecule has 3 rings (SSSR count). The first-order valence-corrected chi connectivity index (χ1v) is 6.28. The van der Waals surface area contributed by atoms with Crippen molar-refractivity contribution in [1.82, 2.24) is 4.90 Å². The molecule has 0 radical (unpaired) electrons. The summed E-state index contributed by atoms with van der Waals surface area (Å²) >= 11 is 0. The summed E-state index contributed by atoms with van der Waals surface area (Å²) in [6.45, 7) is 1.44. The number of fused-ring (bicyclic) bond motifs is 1.